The monoisotopic (exact) mass is 202 g/mol. The van der Waals surface area contributed by atoms with Crippen LogP contribution in [0.3, 0.4) is 0 Å². The lowest BCUT2D eigenvalue weighted by molar-refractivity contribution is -0.147. The molecule has 0 aromatic carbocycles. The van der Waals surface area contributed by atoms with Crippen LogP contribution in [0.5, 0.6) is 0 Å². The number of esters is 1. The van der Waals surface area contributed by atoms with Gasteiger partial charge < -0.3 is 9.84 Å². The number of alkyl halides is 1. The van der Waals surface area contributed by atoms with Gasteiger partial charge in [0.15, 0.2) is 0 Å². The van der Waals surface area contributed by atoms with Gasteiger partial charge in [0.05, 0.1) is 18.9 Å². The van der Waals surface area contributed by atoms with E-state index < -0.39 is 35.4 Å². The fourth-order valence-electron chi connectivity index (χ4n) is 2.66. The molecule has 0 radical (unpaired) electrons. The smallest absolute Gasteiger partial charge is 0.312 e. The summed E-state index contributed by atoms with van der Waals surface area (Å²) in [7, 11) is 1.19. The maximum atomic E-state index is 14.0. The summed E-state index contributed by atoms with van der Waals surface area (Å²) >= 11 is 0. The van der Waals surface area contributed by atoms with E-state index in [9.17, 15) is 14.0 Å². The van der Waals surface area contributed by atoms with Gasteiger partial charge in [0.25, 0.3) is 0 Å². The number of hydrogen-bond donors (Lipinski definition) is 1. The van der Waals surface area contributed by atoms with Gasteiger partial charge in [0.1, 0.15) is 5.67 Å². The van der Waals surface area contributed by atoms with Gasteiger partial charge in [-0.05, 0) is 12.8 Å². The van der Waals surface area contributed by atoms with Crippen molar-refractivity contribution in [2.24, 2.45) is 17.8 Å². The maximum absolute atomic E-state index is 14.0. The Morgan fingerprint density at radius 2 is 2.14 bits per heavy atom. The highest BCUT2D eigenvalue weighted by Gasteiger charge is 2.78. The molecule has 0 aliphatic heterocycles. The minimum atomic E-state index is -1.83. The first-order valence-electron chi connectivity index (χ1n) is 4.53. The summed E-state index contributed by atoms with van der Waals surface area (Å²) in [6.07, 6.45) is 0.789. The molecule has 2 aliphatic rings. The molecule has 14 heavy (non-hydrogen) atoms. The van der Waals surface area contributed by atoms with Gasteiger partial charge in [-0.3, -0.25) is 9.59 Å². The van der Waals surface area contributed by atoms with Gasteiger partial charge in [-0.1, -0.05) is 0 Å². The van der Waals surface area contributed by atoms with Crippen molar-refractivity contribution in [3.8, 4) is 0 Å². The SMILES string of the molecule is COC(=O)C1C2CCC(C(=O)O)C21F. The first kappa shape index (κ1) is 9.43. The van der Waals surface area contributed by atoms with Crippen LogP contribution in [0.2, 0.25) is 0 Å². The van der Waals surface area contributed by atoms with Gasteiger partial charge in [0, 0.05) is 5.92 Å². The van der Waals surface area contributed by atoms with Crippen LogP contribution in [0.15, 0.2) is 0 Å². The molecule has 0 bridgehead atoms. The van der Waals surface area contributed by atoms with Crippen LogP contribution in [0.1, 0.15) is 12.8 Å². The summed E-state index contributed by atoms with van der Waals surface area (Å²) < 4.78 is 18.5. The Morgan fingerprint density at radius 1 is 1.50 bits per heavy atom. The van der Waals surface area contributed by atoms with Gasteiger partial charge >= 0.3 is 11.9 Å². The van der Waals surface area contributed by atoms with Crippen LogP contribution in [0.4, 0.5) is 4.39 Å². The Bertz CT molecular complexity index is 303. The average Bonchev–Trinajstić information content (AvgIpc) is 2.56. The van der Waals surface area contributed by atoms with E-state index in [-0.39, 0.29) is 0 Å². The molecular weight excluding hydrogens is 191 g/mol. The maximum Gasteiger partial charge on any atom is 0.312 e. The first-order chi connectivity index (χ1) is 6.53. The second-order valence-corrected chi connectivity index (χ2v) is 3.90. The number of carbonyl (C=O) groups excluding carboxylic acids is 1. The number of carboxylic acid groups (broad SMARTS) is 1. The van der Waals surface area contributed by atoms with Gasteiger partial charge in [-0.2, -0.15) is 0 Å². The summed E-state index contributed by atoms with van der Waals surface area (Å²) in [4.78, 5) is 21.8. The van der Waals surface area contributed by atoms with Crippen molar-refractivity contribution in [2.45, 2.75) is 18.5 Å². The molecule has 2 aliphatic carbocycles. The van der Waals surface area contributed by atoms with E-state index in [1.807, 2.05) is 0 Å². The number of methoxy groups -OCH3 is 1. The van der Waals surface area contributed by atoms with Crippen LogP contribution in [-0.4, -0.2) is 29.8 Å². The number of rotatable bonds is 2. The predicted molar refractivity (Wildman–Crippen MR) is 43.2 cm³/mol. The first-order valence-corrected chi connectivity index (χ1v) is 4.53. The lowest BCUT2D eigenvalue weighted by atomic mass is 9.98. The molecule has 2 saturated carbocycles. The fourth-order valence-corrected chi connectivity index (χ4v) is 2.66. The third-order valence-corrected chi connectivity index (χ3v) is 3.39. The summed E-state index contributed by atoms with van der Waals surface area (Å²) in [5.74, 6) is -4.08. The molecule has 4 atom stereocenters. The number of halogens is 1. The van der Waals surface area contributed by atoms with Crippen molar-refractivity contribution in [1.29, 1.82) is 0 Å². The molecule has 5 heteroatoms. The second-order valence-electron chi connectivity index (χ2n) is 3.90. The van der Waals surface area contributed by atoms with Crippen molar-refractivity contribution in [3.05, 3.63) is 0 Å². The fraction of sp³-hybridized carbons (Fsp3) is 0.778. The Hall–Kier alpha value is -1.13. The number of fused-ring (bicyclic) bond motifs is 1. The summed E-state index contributed by atoms with van der Waals surface area (Å²) in [6, 6.07) is 0. The summed E-state index contributed by atoms with van der Waals surface area (Å²) in [5.41, 5.74) is -1.83. The zero-order chi connectivity index (χ0) is 10.5. The molecule has 4 unspecified atom stereocenters. The third kappa shape index (κ3) is 0.923. The van der Waals surface area contributed by atoms with E-state index >= 15 is 0 Å². The molecule has 0 heterocycles. The van der Waals surface area contributed by atoms with Gasteiger partial charge in [0.2, 0.25) is 0 Å². The highest BCUT2D eigenvalue weighted by Crippen LogP contribution is 2.66. The molecular formula is C9H11FO4. The molecule has 2 fully saturated rings. The van der Waals surface area contributed by atoms with Crippen molar-refractivity contribution in [2.75, 3.05) is 7.11 Å². The van der Waals surface area contributed by atoms with Crippen LogP contribution in [0, 0.1) is 17.8 Å². The van der Waals surface area contributed by atoms with Gasteiger partial charge in [-0.15, -0.1) is 0 Å². The van der Waals surface area contributed by atoms with Crippen LogP contribution in [0.25, 0.3) is 0 Å². The standard InChI is InChI=1S/C9H11FO4/c1-14-8(13)6-4-2-3-5(7(11)12)9(4,6)10/h4-6H,2-3H2,1H3,(H,11,12). The van der Waals surface area contributed by atoms with Crippen molar-refractivity contribution in [3.63, 3.8) is 0 Å². The largest absolute Gasteiger partial charge is 0.481 e. The van der Waals surface area contributed by atoms with Crippen molar-refractivity contribution >= 4 is 11.9 Å². The molecule has 0 aromatic heterocycles. The molecule has 4 nitrogen and oxygen atoms in total. The van der Waals surface area contributed by atoms with Gasteiger partial charge in [-0.25, -0.2) is 4.39 Å². The summed E-state index contributed by atoms with van der Waals surface area (Å²) in [6.45, 7) is 0. The number of ether oxygens (including phenoxy) is 1. The Kier molecular flexibility index (Phi) is 1.81. The molecule has 2 rings (SSSR count). The lowest BCUT2D eigenvalue weighted by Crippen LogP contribution is -2.28. The normalized spacial score (nSPS) is 44.3. The van der Waals surface area contributed by atoms with Crippen LogP contribution < -0.4 is 0 Å². The van der Waals surface area contributed by atoms with Crippen molar-refractivity contribution < 1.29 is 23.8 Å². The molecule has 0 spiro atoms. The average molecular weight is 202 g/mol. The van der Waals surface area contributed by atoms with E-state index in [1.54, 1.807) is 0 Å². The predicted octanol–water partition coefficient (Wildman–Crippen LogP) is 0.608. The number of carbonyl (C=O) groups is 2. The zero-order valence-corrected chi connectivity index (χ0v) is 7.70. The highest BCUT2D eigenvalue weighted by atomic mass is 19.1. The number of aliphatic carboxylic acids is 1. The molecule has 78 valence electrons. The van der Waals surface area contributed by atoms with E-state index in [1.165, 1.54) is 7.11 Å². The topological polar surface area (TPSA) is 63.6 Å². The molecule has 0 amide bonds. The Morgan fingerprint density at radius 3 is 2.64 bits per heavy atom. The Balaban J connectivity index is 2.17. The molecule has 0 aromatic rings. The zero-order valence-electron chi connectivity index (χ0n) is 7.70. The van der Waals surface area contributed by atoms with E-state index in [2.05, 4.69) is 4.74 Å². The van der Waals surface area contributed by atoms with Crippen LogP contribution in [-0.2, 0) is 14.3 Å². The minimum absolute atomic E-state index is 0.323. The summed E-state index contributed by atoms with van der Waals surface area (Å²) in [5, 5.41) is 8.76. The third-order valence-electron chi connectivity index (χ3n) is 3.39. The van der Waals surface area contributed by atoms with E-state index in [0.717, 1.165) is 0 Å². The second kappa shape index (κ2) is 2.68. The van der Waals surface area contributed by atoms with Crippen LogP contribution >= 0.6 is 0 Å². The molecule has 1 N–H and O–H groups in total. The number of carboxylic acids is 1. The van der Waals surface area contributed by atoms with Crippen molar-refractivity contribution in [1.82, 2.24) is 0 Å². The lowest BCUT2D eigenvalue weighted by Gasteiger charge is -2.12. The van der Waals surface area contributed by atoms with E-state index in [0.29, 0.717) is 12.8 Å². The quantitative estimate of drug-likeness (QED) is 0.666. The molecule has 0 saturated heterocycles. The van der Waals surface area contributed by atoms with E-state index in [4.69, 9.17) is 5.11 Å². The Labute approximate surface area is 80.0 Å². The highest BCUT2D eigenvalue weighted by molar-refractivity contribution is 5.83. The minimum Gasteiger partial charge on any atom is -0.481 e. The number of hydrogen-bond acceptors (Lipinski definition) is 3.